The molecule has 0 saturated carbocycles. The van der Waals surface area contributed by atoms with Crippen LogP contribution in [0, 0.1) is 0 Å². The number of carbonyl (C=O) groups is 2. The van der Waals surface area contributed by atoms with Crippen LogP contribution in [0.1, 0.15) is 26.3 Å². The summed E-state index contributed by atoms with van der Waals surface area (Å²) in [4.78, 5) is 24.4. The van der Waals surface area contributed by atoms with Crippen LogP contribution in [0.3, 0.4) is 0 Å². The van der Waals surface area contributed by atoms with Gasteiger partial charge in [-0.3, -0.25) is 4.79 Å². The van der Waals surface area contributed by atoms with E-state index < -0.39 is 11.9 Å². The third-order valence-corrected chi connectivity index (χ3v) is 4.20. The van der Waals surface area contributed by atoms with Crippen molar-refractivity contribution in [2.45, 2.75) is 0 Å². The molecule has 140 valence electrons. The summed E-state index contributed by atoms with van der Waals surface area (Å²) >= 11 is 3.35. The van der Waals surface area contributed by atoms with Crippen molar-refractivity contribution in [1.82, 2.24) is 5.43 Å². The number of nitrogens with one attached hydrogen (secondary N) is 1. The molecule has 6 nitrogen and oxygen atoms in total. The van der Waals surface area contributed by atoms with Crippen LogP contribution >= 0.6 is 15.9 Å². The van der Waals surface area contributed by atoms with E-state index in [4.69, 9.17) is 4.74 Å². The van der Waals surface area contributed by atoms with Crippen molar-refractivity contribution in [3.8, 4) is 11.5 Å². The molecule has 0 fully saturated rings. The lowest BCUT2D eigenvalue weighted by molar-refractivity contribution is 0.0734. The number of hydrogen-bond donors (Lipinski definition) is 2. The van der Waals surface area contributed by atoms with Crippen molar-refractivity contribution >= 4 is 34.0 Å². The Morgan fingerprint density at radius 1 is 1.00 bits per heavy atom. The van der Waals surface area contributed by atoms with Gasteiger partial charge in [0, 0.05) is 10.0 Å². The number of hydrogen-bond acceptors (Lipinski definition) is 5. The number of esters is 1. The highest BCUT2D eigenvalue weighted by Gasteiger charge is 2.12. The summed E-state index contributed by atoms with van der Waals surface area (Å²) in [6, 6.07) is 19.8. The van der Waals surface area contributed by atoms with E-state index in [1.165, 1.54) is 18.3 Å². The third-order valence-electron chi connectivity index (χ3n) is 3.70. The summed E-state index contributed by atoms with van der Waals surface area (Å²) in [6.07, 6.45) is 1.36. The zero-order valence-corrected chi connectivity index (χ0v) is 16.1. The zero-order valence-electron chi connectivity index (χ0n) is 14.5. The van der Waals surface area contributed by atoms with E-state index in [1.807, 2.05) is 6.07 Å². The molecule has 3 aromatic rings. The molecule has 0 bridgehead atoms. The first-order chi connectivity index (χ1) is 13.5. The lowest BCUT2D eigenvalue weighted by Gasteiger charge is -2.08. The van der Waals surface area contributed by atoms with E-state index in [0.717, 1.165) is 4.47 Å². The molecule has 0 heterocycles. The van der Waals surface area contributed by atoms with Gasteiger partial charge in [0.1, 0.15) is 11.5 Å². The molecular weight excluding hydrogens is 424 g/mol. The number of para-hydroxylation sites is 1. The van der Waals surface area contributed by atoms with Crippen molar-refractivity contribution in [2.75, 3.05) is 0 Å². The molecule has 0 saturated heterocycles. The Labute approximate surface area is 169 Å². The fourth-order valence-electron chi connectivity index (χ4n) is 2.33. The Kier molecular flexibility index (Phi) is 6.18. The molecule has 0 spiro atoms. The lowest BCUT2D eigenvalue weighted by Crippen LogP contribution is -2.17. The van der Waals surface area contributed by atoms with Crippen molar-refractivity contribution in [2.24, 2.45) is 5.10 Å². The van der Waals surface area contributed by atoms with Gasteiger partial charge in [0.05, 0.1) is 17.3 Å². The lowest BCUT2D eigenvalue weighted by atomic mass is 10.2. The topological polar surface area (TPSA) is 88.0 Å². The van der Waals surface area contributed by atoms with E-state index in [9.17, 15) is 14.7 Å². The summed E-state index contributed by atoms with van der Waals surface area (Å²) in [5.74, 6) is -0.921. The van der Waals surface area contributed by atoms with E-state index in [2.05, 4.69) is 26.5 Å². The Morgan fingerprint density at radius 2 is 1.71 bits per heavy atom. The molecule has 3 aromatic carbocycles. The highest BCUT2D eigenvalue weighted by Crippen LogP contribution is 2.23. The van der Waals surface area contributed by atoms with Gasteiger partial charge in [-0.05, 0) is 42.5 Å². The van der Waals surface area contributed by atoms with Crippen LogP contribution in [0.25, 0.3) is 0 Å². The number of amides is 1. The Hall–Kier alpha value is -3.45. The minimum absolute atomic E-state index is 0.102. The summed E-state index contributed by atoms with van der Waals surface area (Å²) < 4.78 is 6.19. The van der Waals surface area contributed by atoms with Crippen molar-refractivity contribution in [3.05, 3.63) is 94.0 Å². The standard InChI is InChI=1S/C21H15BrN2O4/c22-16-10-11-19(28-21(27)14-6-2-1-3-7-14)15(12-16)13-23-24-20(26)17-8-4-5-9-18(17)25/h1-13,25H,(H,24,26)/b23-13+. The summed E-state index contributed by atoms with van der Waals surface area (Å²) in [6.45, 7) is 0. The summed E-state index contributed by atoms with van der Waals surface area (Å²) in [5.41, 5.74) is 3.34. The molecule has 0 aliphatic heterocycles. The number of rotatable bonds is 5. The molecular formula is C21H15BrN2O4. The maximum atomic E-state index is 12.3. The van der Waals surface area contributed by atoms with Gasteiger partial charge >= 0.3 is 5.97 Å². The van der Waals surface area contributed by atoms with Crippen molar-refractivity contribution in [1.29, 1.82) is 0 Å². The quantitative estimate of drug-likeness (QED) is 0.271. The fourth-order valence-corrected chi connectivity index (χ4v) is 2.71. The van der Waals surface area contributed by atoms with Gasteiger partial charge in [0.25, 0.3) is 5.91 Å². The molecule has 0 atom stereocenters. The SMILES string of the molecule is O=C(Oc1ccc(Br)cc1/C=N/NC(=O)c1ccccc1O)c1ccccc1. The molecule has 2 N–H and O–H groups in total. The second-order valence-corrected chi connectivity index (χ2v) is 6.57. The number of phenolic OH excluding ortho intramolecular Hbond substituents is 1. The largest absolute Gasteiger partial charge is 0.507 e. The summed E-state index contributed by atoms with van der Waals surface area (Å²) in [7, 11) is 0. The first-order valence-electron chi connectivity index (χ1n) is 8.23. The number of halogens is 1. The molecule has 0 aromatic heterocycles. The maximum absolute atomic E-state index is 12.3. The van der Waals surface area contributed by atoms with Crippen LogP contribution in [-0.2, 0) is 0 Å². The highest BCUT2D eigenvalue weighted by molar-refractivity contribution is 9.10. The number of aromatic hydroxyl groups is 1. The van der Waals surface area contributed by atoms with Crippen molar-refractivity contribution in [3.63, 3.8) is 0 Å². The molecule has 0 aliphatic carbocycles. The van der Waals surface area contributed by atoms with E-state index in [1.54, 1.807) is 54.6 Å². The third kappa shape index (κ3) is 4.83. The van der Waals surface area contributed by atoms with E-state index in [0.29, 0.717) is 11.1 Å². The fraction of sp³-hybridized carbons (Fsp3) is 0. The van der Waals surface area contributed by atoms with Gasteiger partial charge in [-0.2, -0.15) is 5.10 Å². The first-order valence-corrected chi connectivity index (χ1v) is 9.02. The monoisotopic (exact) mass is 438 g/mol. The van der Waals surface area contributed by atoms with Crippen LogP contribution in [-0.4, -0.2) is 23.2 Å². The van der Waals surface area contributed by atoms with Gasteiger partial charge in [0.2, 0.25) is 0 Å². The van der Waals surface area contributed by atoms with Crippen molar-refractivity contribution < 1.29 is 19.4 Å². The predicted molar refractivity (Wildman–Crippen MR) is 109 cm³/mol. The smallest absolute Gasteiger partial charge is 0.343 e. The minimum atomic E-state index is -0.563. The van der Waals surface area contributed by atoms with Gasteiger partial charge in [-0.15, -0.1) is 0 Å². The van der Waals surface area contributed by atoms with Crippen LogP contribution in [0.4, 0.5) is 0 Å². The Morgan fingerprint density at radius 3 is 2.46 bits per heavy atom. The molecule has 0 radical (unpaired) electrons. The van der Waals surface area contributed by atoms with Gasteiger partial charge in [0.15, 0.2) is 0 Å². The Balaban J connectivity index is 1.75. The molecule has 7 heteroatoms. The first kappa shape index (κ1) is 19.3. The number of benzene rings is 3. The minimum Gasteiger partial charge on any atom is -0.507 e. The number of hydrazone groups is 1. The number of phenols is 1. The van der Waals surface area contributed by atoms with Crippen LogP contribution in [0.5, 0.6) is 11.5 Å². The second-order valence-electron chi connectivity index (χ2n) is 5.65. The molecule has 0 unspecified atom stereocenters. The van der Waals surface area contributed by atoms with E-state index in [-0.39, 0.29) is 17.1 Å². The number of nitrogens with zero attached hydrogens (tertiary/aromatic N) is 1. The highest BCUT2D eigenvalue weighted by atomic mass is 79.9. The molecule has 1 amide bonds. The zero-order chi connectivity index (χ0) is 19.9. The molecule has 3 rings (SSSR count). The van der Waals surface area contributed by atoms with Crippen LogP contribution in [0.15, 0.2) is 82.4 Å². The van der Waals surface area contributed by atoms with Gasteiger partial charge in [-0.25, -0.2) is 10.2 Å². The van der Waals surface area contributed by atoms with Crippen LogP contribution < -0.4 is 10.2 Å². The molecule has 28 heavy (non-hydrogen) atoms. The summed E-state index contributed by atoms with van der Waals surface area (Å²) in [5, 5.41) is 13.6. The van der Waals surface area contributed by atoms with Gasteiger partial charge in [-0.1, -0.05) is 46.3 Å². The average molecular weight is 439 g/mol. The van der Waals surface area contributed by atoms with E-state index >= 15 is 0 Å². The maximum Gasteiger partial charge on any atom is 0.343 e. The number of carbonyl (C=O) groups excluding carboxylic acids is 2. The van der Waals surface area contributed by atoms with Gasteiger partial charge < -0.3 is 9.84 Å². The average Bonchev–Trinajstić information content (AvgIpc) is 2.70. The predicted octanol–water partition coefficient (Wildman–Crippen LogP) is 4.14. The number of ether oxygens (including phenoxy) is 1. The second kappa shape index (κ2) is 8.96. The molecule has 0 aliphatic rings. The van der Waals surface area contributed by atoms with Crippen LogP contribution in [0.2, 0.25) is 0 Å². The normalized spacial score (nSPS) is 10.6. The Bertz CT molecular complexity index is 1040.